The number of amides is 1. The van der Waals surface area contributed by atoms with Crippen molar-refractivity contribution in [1.29, 1.82) is 0 Å². The molecule has 1 aromatic rings. The highest BCUT2D eigenvalue weighted by Gasteiger charge is 2.13. The van der Waals surface area contributed by atoms with E-state index in [-0.39, 0.29) is 12.7 Å². The van der Waals surface area contributed by atoms with Crippen molar-refractivity contribution in [2.45, 2.75) is 20.0 Å². The minimum Gasteiger partial charge on any atom is -0.476 e. The molecule has 2 rings (SSSR count). The Balaban J connectivity index is 1.83. The van der Waals surface area contributed by atoms with Gasteiger partial charge in [-0.05, 0) is 13.8 Å². The van der Waals surface area contributed by atoms with Gasteiger partial charge in [-0.3, -0.25) is 0 Å². The van der Waals surface area contributed by atoms with Crippen LogP contribution in [0.3, 0.4) is 0 Å². The number of hydrogen-bond acceptors (Lipinski definition) is 7. The predicted octanol–water partition coefficient (Wildman–Crippen LogP) is 1.01. The second-order valence-electron chi connectivity index (χ2n) is 5.42. The van der Waals surface area contributed by atoms with Crippen LogP contribution in [-0.2, 0) is 9.47 Å². The molecule has 8 heteroatoms. The molecule has 1 saturated heterocycles. The summed E-state index contributed by atoms with van der Waals surface area (Å²) >= 11 is 0. The van der Waals surface area contributed by atoms with Crippen LogP contribution in [0, 0.1) is 0 Å². The van der Waals surface area contributed by atoms with Gasteiger partial charge in [-0.1, -0.05) is 0 Å². The molecular formula is C15H24N4O4. The van der Waals surface area contributed by atoms with E-state index in [1.54, 1.807) is 13.8 Å². The molecule has 8 nitrogen and oxygen atoms in total. The number of nitrogens with zero attached hydrogens (tertiary/aromatic N) is 2. The quantitative estimate of drug-likeness (QED) is 0.754. The molecule has 1 aliphatic rings. The van der Waals surface area contributed by atoms with Gasteiger partial charge in [0, 0.05) is 30.9 Å². The maximum Gasteiger partial charge on any atom is 0.407 e. The summed E-state index contributed by atoms with van der Waals surface area (Å²) in [5, 5.41) is 2.60. The van der Waals surface area contributed by atoms with Crippen LogP contribution in [0.1, 0.15) is 13.8 Å². The van der Waals surface area contributed by atoms with Crippen LogP contribution in [-0.4, -0.2) is 56.6 Å². The van der Waals surface area contributed by atoms with Crippen molar-refractivity contribution in [2.24, 2.45) is 0 Å². The molecule has 0 aliphatic carbocycles. The number of pyridine rings is 1. The lowest BCUT2D eigenvalue weighted by Gasteiger charge is -2.29. The first-order valence-electron chi connectivity index (χ1n) is 7.72. The van der Waals surface area contributed by atoms with Crippen molar-refractivity contribution in [3.8, 4) is 5.88 Å². The van der Waals surface area contributed by atoms with Crippen molar-refractivity contribution in [1.82, 2.24) is 10.3 Å². The smallest absolute Gasteiger partial charge is 0.407 e. The Morgan fingerprint density at radius 1 is 1.43 bits per heavy atom. The van der Waals surface area contributed by atoms with E-state index in [1.165, 1.54) is 0 Å². The van der Waals surface area contributed by atoms with Gasteiger partial charge in [0.15, 0.2) is 0 Å². The molecular weight excluding hydrogens is 300 g/mol. The van der Waals surface area contributed by atoms with Gasteiger partial charge in [0.05, 0.1) is 25.9 Å². The number of morpholine rings is 1. The zero-order valence-corrected chi connectivity index (χ0v) is 13.6. The largest absolute Gasteiger partial charge is 0.476 e. The zero-order valence-electron chi connectivity index (χ0n) is 13.6. The number of ether oxygens (including phenoxy) is 3. The Morgan fingerprint density at radius 2 is 2.17 bits per heavy atom. The van der Waals surface area contributed by atoms with E-state index in [0.29, 0.717) is 31.5 Å². The van der Waals surface area contributed by atoms with Gasteiger partial charge in [0.1, 0.15) is 12.4 Å². The van der Waals surface area contributed by atoms with E-state index in [9.17, 15) is 4.79 Å². The lowest BCUT2D eigenvalue weighted by atomic mass is 10.3. The molecule has 0 bridgehead atoms. The summed E-state index contributed by atoms with van der Waals surface area (Å²) in [6, 6.07) is 3.66. The van der Waals surface area contributed by atoms with Crippen molar-refractivity contribution in [3.05, 3.63) is 12.1 Å². The lowest BCUT2D eigenvalue weighted by molar-refractivity contribution is 0.114. The Kier molecular flexibility index (Phi) is 6.28. The third kappa shape index (κ3) is 5.82. The average molecular weight is 324 g/mol. The summed E-state index contributed by atoms with van der Waals surface area (Å²) in [5.74, 6) is 0.835. The lowest BCUT2D eigenvalue weighted by Crippen LogP contribution is -2.36. The Morgan fingerprint density at radius 3 is 2.87 bits per heavy atom. The first-order chi connectivity index (χ1) is 11.0. The standard InChI is InChI=1S/C15H24N4O4/c1-11(2)23-15(20)17-3-6-22-14-10-12(9-13(16)18-14)19-4-7-21-8-5-19/h9-11H,3-8H2,1-2H3,(H2,16,18)(H,17,20). The van der Waals surface area contributed by atoms with Gasteiger partial charge in [-0.15, -0.1) is 0 Å². The third-order valence-corrected chi connectivity index (χ3v) is 3.15. The summed E-state index contributed by atoms with van der Waals surface area (Å²) in [5.41, 5.74) is 6.80. The minimum atomic E-state index is -0.460. The number of carbonyl (C=O) groups excluding carboxylic acids is 1. The highest BCUT2D eigenvalue weighted by Crippen LogP contribution is 2.23. The Hall–Kier alpha value is -2.22. The van der Waals surface area contributed by atoms with Gasteiger partial charge in [-0.2, -0.15) is 4.98 Å². The van der Waals surface area contributed by atoms with Crippen LogP contribution in [0.5, 0.6) is 5.88 Å². The second-order valence-corrected chi connectivity index (χ2v) is 5.42. The van der Waals surface area contributed by atoms with Crippen molar-refractivity contribution in [2.75, 3.05) is 50.1 Å². The molecule has 2 heterocycles. The molecule has 128 valence electrons. The fourth-order valence-electron chi connectivity index (χ4n) is 2.15. The zero-order chi connectivity index (χ0) is 16.7. The third-order valence-electron chi connectivity index (χ3n) is 3.15. The predicted molar refractivity (Wildman–Crippen MR) is 86.8 cm³/mol. The molecule has 0 radical (unpaired) electrons. The van der Waals surface area contributed by atoms with Gasteiger partial charge < -0.3 is 30.2 Å². The molecule has 0 unspecified atom stereocenters. The van der Waals surface area contributed by atoms with Crippen LogP contribution in [0.4, 0.5) is 16.3 Å². The first-order valence-corrected chi connectivity index (χ1v) is 7.72. The maximum absolute atomic E-state index is 11.3. The van der Waals surface area contributed by atoms with Gasteiger partial charge in [-0.25, -0.2) is 4.79 Å². The van der Waals surface area contributed by atoms with Gasteiger partial charge in [0.25, 0.3) is 0 Å². The van der Waals surface area contributed by atoms with E-state index >= 15 is 0 Å². The molecule has 0 atom stereocenters. The highest BCUT2D eigenvalue weighted by atomic mass is 16.6. The number of nitrogen functional groups attached to an aromatic ring is 1. The number of anilines is 2. The summed E-state index contributed by atoms with van der Waals surface area (Å²) in [7, 11) is 0. The number of aromatic nitrogens is 1. The molecule has 23 heavy (non-hydrogen) atoms. The Bertz CT molecular complexity index is 518. The van der Waals surface area contributed by atoms with E-state index in [1.807, 2.05) is 12.1 Å². The van der Waals surface area contributed by atoms with Crippen LogP contribution < -0.4 is 20.7 Å². The summed E-state index contributed by atoms with van der Waals surface area (Å²) in [6.45, 7) is 7.21. The van der Waals surface area contributed by atoms with Crippen LogP contribution in [0.2, 0.25) is 0 Å². The summed E-state index contributed by atoms with van der Waals surface area (Å²) < 4.78 is 15.9. The van der Waals surface area contributed by atoms with Gasteiger partial charge in [0.2, 0.25) is 5.88 Å². The molecule has 0 aromatic carbocycles. The van der Waals surface area contributed by atoms with Crippen LogP contribution >= 0.6 is 0 Å². The Labute approximate surface area is 135 Å². The number of alkyl carbamates (subject to hydrolysis) is 1. The summed E-state index contributed by atoms with van der Waals surface area (Å²) in [4.78, 5) is 17.7. The van der Waals surface area contributed by atoms with E-state index in [4.69, 9.17) is 19.9 Å². The van der Waals surface area contributed by atoms with Crippen molar-refractivity contribution >= 4 is 17.6 Å². The van der Waals surface area contributed by atoms with E-state index in [0.717, 1.165) is 18.8 Å². The van der Waals surface area contributed by atoms with E-state index in [2.05, 4.69) is 15.2 Å². The van der Waals surface area contributed by atoms with Crippen LogP contribution in [0.25, 0.3) is 0 Å². The maximum atomic E-state index is 11.3. The molecule has 1 fully saturated rings. The second kappa shape index (κ2) is 8.42. The topological polar surface area (TPSA) is 98.9 Å². The number of carbonyl (C=O) groups is 1. The molecule has 0 spiro atoms. The fraction of sp³-hybridized carbons (Fsp3) is 0.600. The molecule has 3 N–H and O–H groups in total. The number of rotatable bonds is 6. The normalized spacial score (nSPS) is 14.7. The van der Waals surface area contributed by atoms with Gasteiger partial charge >= 0.3 is 6.09 Å². The number of nitrogens with two attached hydrogens (primary N) is 1. The van der Waals surface area contributed by atoms with Crippen molar-refractivity contribution in [3.63, 3.8) is 0 Å². The van der Waals surface area contributed by atoms with E-state index < -0.39 is 6.09 Å². The average Bonchev–Trinajstić information content (AvgIpc) is 2.51. The molecule has 1 aromatic heterocycles. The highest BCUT2D eigenvalue weighted by molar-refractivity contribution is 5.67. The first kappa shape index (κ1) is 17.1. The number of nitrogens with one attached hydrogen (secondary N) is 1. The molecule has 1 aliphatic heterocycles. The molecule has 1 amide bonds. The van der Waals surface area contributed by atoms with Crippen LogP contribution in [0.15, 0.2) is 12.1 Å². The van der Waals surface area contributed by atoms with Crippen molar-refractivity contribution < 1.29 is 19.0 Å². The fourth-order valence-corrected chi connectivity index (χ4v) is 2.15. The number of hydrogen-bond donors (Lipinski definition) is 2. The SMILES string of the molecule is CC(C)OC(=O)NCCOc1cc(N2CCOCC2)cc(N)n1. The molecule has 0 saturated carbocycles. The minimum absolute atomic E-state index is 0.150. The monoisotopic (exact) mass is 324 g/mol. The summed E-state index contributed by atoms with van der Waals surface area (Å²) in [6.07, 6.45) is -0.610.